The summed E-state index contributed by atoms with van der Waals surface area (Å²) in [6, 6.07) is 5.49. The van der Waals surface area contributed by atoms with E-state index in [1.54, 1.807) is 26.5 Å². The largest absolute Gasteiger partial charge is 0.497 e. The van der Waals surface area contributed by atoms with Crippen molar-refractivity contribution in [2.45, 2.75) is 0 Å². The van der Waals surface area contributed by atoms with Gasteiger partial charge in [-0.25, -0.2) is 4.98 Å². The molecule has 0 radical (unpaired) electrons. The van der Waals surface area contributed by atoms with Crippen molar-refractivity contribution in [1.82, 2.24) is 20.2 Å². The number of aromatic nitrogens is 4. The highest BCUT2D eigenvalue weighted by molar-refractivity contribution is 5.92. The first-order chi connectivity index (χ1) is 9.72. The number of fused-ring (bicyclic) bond motifs is 1. The maximum atomic E-state index is 5.73. The van der Waals surface area contributed by atoms with Crippen molar-refractivity contribution >= 4 is 17.0 Å². The van der Waals surface area contributed by atoms with E-state index in [1.165, 1.54) is 0 Å². The van der Waals surface area contributed by atoms with Gasteiger partial charge in [-0.3, -0.25) is 5.10 Å². The lowest BCUT2D eigenvalue weighted by molar-refractivity contribution is 0.395. The molecule has 0 bridgehead atoms. The van der Waals surface area contributed by atoms with Gasteiger partial charge < -0.3 is 15.2 Å². The fraction of sp³-hybridized carbons (Fsp3) is 0.154. The molecule has 0 unspecified atom stereocenters. The molecule has 0 atom stereocenters. The summed E-state index contributed by atoms with van der Waals surface area (Å²) in [7, 11) is 3.20. The zero-order chi connectivity index (χ0) is 14.1. The zero-order valence-electron chi connectivity index (χ0n) is 11.0. The number of nitrogen functional groups attached to an aromatic ring is 1. The van der Waals surface area contributed by atoms with Crippen LogP contribution in [-0.2, 0) is 0 Å². The third-order valence-electron chi connectivity index (χ3n) is 2.99. The number of H-pyrrole nitrogens is 1. The molecule has 7 nitrogen and oxygen atoms in total. The Hall–Kier alpha value is -2.83. The van der Waals surface area contributed by atoms with Gasteiger partial charge in [0, 0.05) is 11.6 Å². The monoisotopic (exact) mass is 271 g/mol. The molecular formula is C13H13N5O2. The Bertz CT molecular complexity index is 769. The summed E-state index contributed by atoms with van der Waals surface area (Å²) < 4.78 is 10.6. The first-order valence-corrected chi connectivity index (χ1v) is 5.92. The second-order valence-electron chi connectivity index (χ2n) is 4.13. The average molecular weight is 271 g/mol. The highest BCUT2D eigenvalue weighted by atomic mass is 16.5. The minimum Gasteiger partial charge on any atom is -0.497 e. The van der Waals surface area contributed by atoms with Crippen molar-refractivity contribution in [2.24, 2.45) is 0 Å². The van der Waals surface area contributed by atoms with Crippen molar-refractivity contribution in [2.75, 3.05) is 20.0 Å². The van der Waals surface area contributed by atoms with Crippen LogP contribution < -0.4 is 15.2 Å². The van der Waals surface area contributed by atoms with E-state index in [9.17, 15) is 0 Å². The molecule has 3 rings (SSSR count). The SMILES string of the molecule is COc1ccc(-c2nc(N)nc3[nH]ncc23)c(OC)c1. The van der Waals surface area contributed by atoms with E-state index < -0.39 is 0 Å². The lowest BCUT2D eigenvalue weighted by atomic mass is 10.1. The molecule has 1 aromatic carbocycles. The molecule has 0 saturated carbocycles. The smallest absolute Gasteiger partial charge is 0.222 e. The molecule has 0 fully saturated rings. The summed E-state index contributed by atoms with van der Waals surface area (Å²) in [5.74, 6) is 1.52. The lowest BCUT2D eigenvalue weighted by Crippen LogP contribution is -1.99. The van der Waals surface area contributed by atoms with Crippen molar-refractivity contribution in [3.63, 3.8) is 0 Å². The number of anilines is 1. The summed E-state index contributed by atoms with van der Waals surface area (Å²) in [5.41, 5.74) is 7.79. The van der Waals surface area contributed by atoms with Gasteiger partial charge in [-0.05, 0) is 12.1 Å². The number of benzene rings is 1. The number of ether oxygens (including phenoxy) is 2. The Labute approximate surface area is 114 Å². The van der Waals surface area contributed by atoms with E-state index in [-0.39, 0.29) is 5.95 Å². The molecular weight excluding hydrogens is 258 g/mol. The molecule has 3 N–H and O–H groups in total. The second kappa shape index (κ2) is 4.69. The van der Waals surface area contributed by atoms with E-state index in [0.29, 0.717) is 22.8 Å². The third-order valence-corrected chi connectivity index (χ3v) is 2.99. The van der Waals surface area contributed by atoms with Crippen LogP contribution in [0.3, 0.4) is 0 Å². The van der Waals surface area contributed by atoms with Gasteiger partial charge >= 0.3 is 0 Å². The van der Waals surface area contributed by atoms with Crippen LogP contribution in [0.5, 0.6) is 11.5 Å². The van der Waals surface area contributed by atoms with Crippen LogP contribution in [0.2, 0.25) is 0 Å². The summed E-state index contributed by atoms with van der Waals surface area (Å²) in [4.78, 5) is 8.39. The molecule has 7 heteroatoms. The van der Waals surface area contributed by atoms with Crippen molar-refractivity contribution in [1.29, 1.82) is 0 Å². The molecule has 0 spiro atoms. The average Bonchev–Trinajstić information content (AvgIpc) is 2.93. The summed E-state index contributed by atoms with van der Waals surface area (Å²) in [6.07, 6.45) is 1.66. The van der Waals surface area contributed by atoms with Gasteiger partial charge in [-0.1, -0.05) is 0 Å². The lowest BCUT2D eigenvalue weighted by Gasteiger charge is -2.10. The van der Waals surface area contributed by atoms with Gasteiger partial charge in [0.05, 0.1) is 31.5 Å². The molecule has 2 aromatic heterocycles. The first-order valence-electron chi connectivity index (χ1n) is 5.92. The zero-order valence-corrected chi connectivity index (χ0v) is 11.0. The Morgan fingerprint density at radius 3 is 2.75 bits per heavy atom. The van der Waals surface area contributed by atoms with Crippen molar-refractivity contribution in [3.8, 4) is 22.8 Å². The van der Waals surface area contributed by atoms with Crippen molar-refractivity contribution in [3.05, 3.63) is 24.4 Å². The van der Waals surface area contributed by atoms with Crippen LogP contribution in [0.15, 0.2) is 24.4 Å². The minimum atomic E-state index is 0.176. The van der Waals surface area contributed by atoms with Gasteiger partial charge in [0.1, 0.15) is 11.5 Å². The highest BCUT2D eigenvalue weighted by Gasteiger charge is 2.15. The number of methoxy groups -OCH3 is 2. The van der Waals surface area contributed by atoms with Gasteiger partial charge in [0.2, 0.25) is 5.95 Å². The van der Waals surface area contributed by atoms with Crippen LogP contribution in [0.25, 0.3) is 22.3 Å². The van der Waals surface area contributed by atoms with Crippen LogP contribution in [0, 0.1) is 0 Å². The normalized spacial score (nSPS) is 10.7. The number of rotatable bonds is 3. The molecule has 102 valence electrons. The van der Waals surface area contributed by atoms with Crippen molar-refractivity contribution < 1.29 is 9.47 Å². The Morgan fingerprint density at radius 2 is 2.00 bits per heavy atom. The topological polar surface area (TPSA) is 98.9 Å². The van der Waals surface area contributed by atoms with Gasteiger partial charge in [0.15, 0.2) is 5.65 Å². The molecule has 0 aliphatic carbocycles. The standard InChI is InChI=1S/C13H13N5O2/c1-19-7-3-4-8(10(5-7)20-2)11-9-6-15-18-12(9)17-13(14)16-11/h3-6H,1-2H3,(H3,14,15,16,17,18). The number of nitrogens with two attached hydrogens (primary N) is 1. The molecule has 0 amide bonds. The maximum Gasteiger partial charge on any atom is 0.222 e. The van der Waals surface area contributed by atoms with E-state index >= 15 is 0 Å². The number of aromatic amines is 1. The van der Waals surface area contributed by atoms with Crippen LogP contribution >= 0.6 is 0 Å². The molecule has 3 aromatic rings. The number of nitrogens with one attached hydrogen (secondary N) is 1. The Kier molecular flexibility index (Phi) is 2.86. The fourth-order valence-corrected chi connectivity index (χ4v) is 2.05. The van der Waals surface area contributed by atoms with Gasteiger partial charge in [-0.15, -0.1) is 0 Å². The Morgan fingerprint density at radius 1 is 1.15 bits per heavy atom. The first kappa shape index (κ1) is 12.2. The van der Waals surface area contributed by atoms with E-state index in [2.05, 4.69) is 20.2 Å². The third kappa shape index (κ3) is 1.89. The van der Waals surface area contributed by atoms with Crippen LogP contribution in [0.4, 0.5) is 5.95 Å². The quantitative estimate of drug-likeness (QED) is 0.751. The summed E-state index contributed by atoms with van der Waals surface area (Å²) in [5, 5.41) is 7.53. The van der Waals surface area contributed by atoms with Crippen LogP contribution in [0.1, 0.15) is 0 Å². The maximum absolute atomic E-state index is 5.73. The molecule has 2 heterocycles. The van der Waals surface area contributed by atoms with Gasteiger partial charge in [-0.2, -0.15) is 10.1 Å². The van der Waals surface area contributed by atoms with E-state index in [4.69, 9.17) is 15.2 Å². The molecule has 0 saturated heterocycles. The number of nitrogens with zero attached hydrogens (tertiary/aromatic N) is 3. The predicted molar refractivity (Wildman–Crippen MR) is 74.6 cm³/mol. The molecule has 0 aliphatic rings. The molecule has 20 heavy (non-hydrogen) atoms. The van der Waals surface area contributed by atoms with E-state index in [0.717, 1.165) is 10.9 Å². The summed E-state index contributed by atoms with van der Waals surface area (Å²) in [6.45, 7) is 0. The van der Waals surface area contributed by atoms with Crippen LogP contribution in [-0.4, -0.2) is 34.4 Å². The second-order valence-corrected chi connectivity index (χ2v) is 4.13. The number of hydrogen-bond donors (Lipinski definition) is 2. The highest BCUT2D eigenvalue weighted by Crippen LogP contribution is 2.35. The fourth-order valence-electron chi connectivity index (χ4n) is 2.05. The minimum absolute atomic E-state index is 0.176. The van der Waals surface area contributed by atoms with E-state index in [1.807, 2.05) is 12.1 Å². The molecule has 0 aliphatic heterocycles. The Balaban J connectivity index is 2.27. The van der Waals surface area contributed by atoms with Gasteiger partial charge in [0.25, 0.3) is 0 Å². The summed E-state index contributed by atoms with van der Waals surface area (Å²) >= 11 is 0. The number of hydrogen-bond acceptors (Lipinski definition) is 6. The predicted octanol–water partition coefficient (Wildman–Crippen LogP) is 1.62.